The number of aromatic nitrogens is 2. The zero-order valence-electron chi connectivity index (χ0n) is 8.14. The molecule has 0 aromatic carbocycles. The molecule has 0 radical (unpaired) electrons. The summed E-state index contributed by atoms with van der Waals surface area (Å²) in [7, 11) is 0. The van der Waals surface area contributed by atoms with E-state index in [4.69, 9.17) is 5.26 Å². The number of nitriles is 1. The first-order valence-corrected chi connectivity index (χ1v) is 4.91. The first kappa shape index (κ1) is 9.22. The molecule has 0 spiro atoms. The van der Waals surface area contributed by atoms with Gasteiger partial charge in [-0.1, -0.05) is 13.3 Å². The SMILES string of the molecule is CCC1CCn2ncc(C#N)c2C1O. The van der Waals surface area contributed by atoms with E-state index in [1.165, 1.54) is 6.20 Å². The Morgan fingerprint density at radius 3 is 3.21 bits per heavy atom. The van der Waals surface area contributed by atoms with Crippen LogP contribution in [0.3, 0.4) is 0 Å². The van der Waals surface area contributed by atoms with Gasteiger partial charge in [-0.25, -0.2) is 0 Å². The molecular formula is C10H13N3O. The highest BCUT2D eigenvalue weighted by Crippen LogP contribution is 2.33. The maximum Gasteiger partial charge on any atom is 0.103 e. The summed E-state index contributed by atoms with van der Waals surface area (Å²) in [5, 5.41) is 22.9. The molecule has 1 N–H and O–H groups in total. The minimum atomic E-state index is -0.522. The molecular weight excluding hydrogens is 178 g/mol. The molecule has 0 aliphatic carbocycles. The van der Waals surface area contributed by atoms with Crippen LogP contribution >= 0.6 is 0 Å². The Morgan fingerprint density at radius 2 is 2.57 bits per heavy atom. The monoisotopic (exact) mass is 191 g/mol. The van der Waals surface area contributed by atoms with Gasteiger partial charge in [-0.15, -0.1) is 0 Å². The van der Waals surface area contributed by atoms with Crippen LogP contribution in [0.25, 0.3) is 0 Å². The molecule has 14 heavy (non-hydrogen) atoms. The number of hydrogen-bond donors (Lipinski definition) is 1. The Morgan fingerprint density at radius 1 is 1.79 bits per heavy atom. The minimum Gasteiger partial charge on any atom is -0.386 e. The van der Waals surface area contributed by atoms with Crippen molar-refractivity contribution in [2.75, 3.05) is 0 Å². The van der Waals surface area contributed by atoms with E-state index in [1.807, 2.05) is 0 Å². The molecule has 2 unspecified atom stereocenters. The predicted octanol–water partition coefficient (Wildman–Crippen LogP) is 1.22. The van der Waals surface area contributed by atoms with Crippen LogP contribution in [-0.2, 0) is 6.54 Å². The number of hydrogen-bond acceptors (Lipinski definition) is 3. The lowest BCUT2D eigenvalue weighted by molar-refractivity contribution is 0.0705. The number of aliphatic hydroxyl groups excluding tert-OH is 1. The number of rotatable bonds is 1. The van der Waals surface area contributed by atoms with Gasteiger partial charge in [0.05, 0.1) is 23.6 Å². The van der Waals surface area contributed by atoms with E-state index in [-0.39, 0.29) is 5.92 Å². The van der Waals surface area contributed by atoms with Crippen LogP contribution in [0.5, 0.6) is 0 Å². The van der Waals surface area contributed by atoms with E-state index < -0.39 is 6.10 Å². The van der Waals surface area contributed by atoms with E-state index >= 15 is 0 Å². The second kappa shape index (κ2) is 3.43. The van der Waals surface area contributed by atoms with Crippen molar-refractivity contribution in [1.82, 2.24) is 9.78 Å². The van der Waals surface area contributed by atoms with Crippen molar-refractivity contribution in [3.63, 3.8) is 0 Å². The maximum atomic E-state index is 10.0. The molecule has 0 amide bonds. The molecule has 0 saturated carbocycles. The molecule has 1 aliphatic heterocycles. The van der Waals surface area contributed by atoms with Gasteiger partial charge in [0.1, 0.15) is 6.07 Å². The molecule has 2 atom stereocenters. The molecule has 4 heteroatoms. The molecule has 0 saturated heterocycles. The normalized spacial score (nSPS) is 25.5. The lowest BCUT2D eigenvalue weighted by Gasteiger charge is -2.27. The molecule has 1 aromatic heterocycles. The van der Waals surface area contributed by atoms with Crippen LogP contribution in [0.1, 0.15) is 37.1 Å². The maximum absolute atomic E-state index is 10.0. The summed E-state index contributed by atoms with van der Waals surface area (Å²) in [6.45, 7) is 2.87. The summed E-state index contributed by atoms with van der Waals surface area (Å²) in [6.07, 6.45) is 2.90. The highest BCUT2D eigenvalue weighted by atomic mass is 16.3. The van der Waals surface area contributed by atoms with Crippen LogP contribution < -0.4 is 0 Å². The summed E-state index contributed by atoms with van der Waals surface area (Å²) in [4.78, 5) is 0. The second-order valence-corrected chi connectivity index (χ2v) is 3.68. The number of aryl methyl sites for hydroxylation is 1. The zero-order valence-corrected chi connectivity index (χ0v) is 8.14. The van der Waals surface area contributed by atoms with Crippen molar-refractivity contribution in [1.29, 1.82) is 5.26 Å². The quantitative estimate of drug-likeness (QED) is 0.726. The zero-order chi connectivity index (χ0) is 10.1. The summed E-state index contributed by atoms with van der Waals surface area (Å²) >= 11 is 0. The fourth-order valence-corrected chi connectivity index (χ4v) is 2.07. The van der Waals surface area contributed by atoms with Gasteiger partial charge in [0.15, 0.2) is 0 Å². The first-order chi connectivity index (χ1) is 6.77. The molecule has 1 aliphatic rings. The lowest BCUT2D eigenvalue weighted by atomic mass is 9.89. The van der Waals surface area contributed by atoms with Gasteiger partial charge in [-0.05, 0) is 12.3 Å². The van der Waals surface area contributed by atoms with Gasteiger partial charge in [-0.2, -0.15) is 10.4 Å². The van der Waals surface area contributed by atoms with Crippen LogP contribution in [0.2, 0.25) is 0 Å². The van der Waals surface area contributed by atoms with E-state index in [1.54, 1.807) is 4.68 Å². The highest BCUT2D eigenvalue weighted by Gasteiger charge is 2.30. The third kappa shape index (κ3) is 1.21. The van der Waals surface area contributed by atoms with Gasteiger partial charge in [-0.3, -0.25) is 4.68 Å². The molecule has 0 fully saturated rings. The molecule has 4 nitrogen and oxygen atoms in total. The second-order valence-electron chi connectivity index (χ2n) is 3.68. The Kier molecular flexibility index (Phi) is 2.26. The summed E-state index contributed by atoms with van der Waals surface area (Å²) < 4.78 is 1.75. The van der Waals surface area contributed by atoms with Crippen molar-refractivity contribution in [2.24, 2.45) is 5.92 Å². The molecule has 2 heterocycles. The number of nitrogens with zero attached hydrogens (tertiary/aromatic N) is 3. The topological polar surface area (TPSA) is 61.8 Å². The van der Waals surface area contributed by atoms with Gasteiger partial charge >= 0.3 is 0 Å². The summed E-state index contributed by atoms with van der Waals surface area (Å²) in [5.74, 6) is 0.270. The molecule has 1 aromatic rings. The minimum absolute atomic E-state index is 0.270. The third-order valence-corrected chi connectivity index (χ3v) is 2.96. The number of aliphatic hydroxyl groups is 1. The smallest absolute Gasteiger partial charge is 0.103 e. The van der Waals surface area contributed by atoms with Gasteiger partial charge in [0.2, 0.25) is 0 Å². The summed E-state index contributed by atoms with van der Waals surface area (Å²) in [6, 6.07) is 2.07. The average molecular weight is 191 g/mol. The van der Waals surface area contributed by atoms with E-state index in [2.05, 4.69) is 18.1 Å². The van der Waals surface area contributed by atoms with Crippen LogP contribution in [0, 0.1) is 17.2 Å². The largest absolute Gasteiger partial charge is 0.386 e. The van der Waals surface area contributed by atoms with Crippen molar-refractivity contribution in [3.8, 4) is 6.07 Å². The average Bonchev–Trinajstić information content (AvgIpc) is 2.62. The van der Waals surface area contributed by atoms with Crippen molar-refractivity contribution >= 4 is 0 Å². The highest BCUT2D eigenvalue weighted by molar-refractivity contribution is 5.33. The Bertz CT molecular complexity index is 377. The summed E-state index contributed by atoms with van der Waals surface area (Å²) in [5.41, 5.74) is 1.21. The van der Waals surface area contributed by atoms with Crippen molar-refractivity contribution in [2.45, 2.75) is 32.4 Å². The van der Waals surface area contributed by atoms with Gasteiger partial charge in [0.25, 0.3) is 0 Å². The third-order valence-electron chi connectivity index (χ3n) is 2.96. The molecule has 2 rings (SSSR count). The fourth-order valence-electron chi connectivity index (χ4n) is 2.07. The Labute approximate surface area is 82.8 Å². The lowest BCUT2D eigenvalue weighted by Crippen LogP contribution is -2.25. The molecule has 0 bridgehead atoms. The van der Waals surface area contributed by atoms with E-state index in [0.717, 1.165) is 19.4 Å². The standard InChI is InChI=1S/C10H13N3O/c1-2-7-3-4-13-9(10(7)14)8(5-11)6-12-13/h6-7,10,14H,2-4H2,1H3. The predicted molar refractivity (Wildman–Crippen MR) is 50.3 cm³/mol. The van der Waals surface area contributed by atoms with Crippen molar-refractivity contribution < 1.29 is 5.11 Å². The first-order valence-electron chi connectivity index (χ1n) is 4.91. The Balaban J connectivity index is 2.42. The van der Waals surface area contributed by atoms with Crippen LogP contribution in [0.15, 0.2) is 6.20 Å². The molecule has 74 valence electrons. The van der Waals surface area contributed by atoms with Gasteiger partial charge < -0.3 is 5.11 Å². The van der Waals surface area contributed by atoms with E-state index in [0.29, 0.717) is 11.3 Å². The van der Waals surface area contributed by atoms with Crippen LogP contribution in [-0.4, -0.2) is 14.9 Å². The fraction of sp³-hybridized carbons (Fsp3) is 0.600. The van der Waals surface area contributed by atoms with Gasteiger partial charge in [0, 0.05) is 6.54 Å². The van der Waals surface area contributed by atoms with Crippen molar-refractivity contribution in [3.05, 3.63) is 17.5 Å². The van der Waals surface area contributed by atoms with E-state index in [9.17, 15) is 5.11 Å². The van der Waals surface area contributed by atoms with Crippen LogP contribution in [0.4, 0.5) is 0 Å². The Hall–Kier alpha value is -1.34. The number of fused-ring (bicyclic) bond motifs is 1.